The second-order valence-corrected chi connectivity index (χ2v) is 10.1. The molecule has 0 bridgehead atoms. The lowest BCUT2D eigenvalue weighted by molar-refractivity contribution is 0.602. The summed E-state index contributed by atoms with van der Waals surface area (Å²) in [6, 6.07) is 50.6. The van der Waals surface area contributed by atoms with Crippen molar-refractivity contribution in [3.05, 3.63) is 146 Å². The molecule has 188 valence electrons. The van der Waals surface area contributed by atoms with Gasteiger partial charge < -0.3 is 8.83 Å². The third-order valence-electron chi connectivity index (χ3n) is 7.74. The van der Waals surface area contributed by atoms with Crippen molar-refractivity contribution in [2.45, 2.75) is 0 Å². The lowest BCUT2D eigenvalue weighted by atomic mass is 9.95. The summed E-state index contributed by atoms with van der Waals surface area (Å²) in [4.78, 5) is 0. The molecule has 0 radical (unpaired) electrons. The maximum absolute atomic E-state index is 6.87. The average molecular weight is 513 g/mol. The molecule has 8 aromatic rings. The van der Waals surface area contributed by atoms with Gasteiger partial charge in [-0.05, 0) is 40.5 Å². The van der Waals surface area contributed by atoms with E-state index in [1.165, 1.54) is 5.56 Å². The first-order valence-corrected chi connectivity index (χ1v) is 13.5. The molecule has 0 aliphatic carbocycles. The smallest absolute Gasteiger partial charge is 0.143 e. The average Bonchev–Trinajstić information content (AvgIpc) is 3.60. The highest BCUT2D eigenvalue weighted by Crippen LogP contribution is 2.45. The Labute approximate surface area is 231 Å². The van der Waals surface area contributed by atoms with Crippen molar-refractivity contribution >= 4 is 32.7 Å². The third kappa shape index (κ3) is 3.58. The lowest BCUT2D eigenvalue weighted by Gasteiger charge is -2.09. The predicted molar refractivity (Wildman–Crippen MR) is 165 cm³/mol. The van der Waals surface area contributed by atoms with Crippen molar-refractivity contribution in [1.29, 1.82) is 0 Å². The zero-order valence-corrected chi connectivity index (χ0v) is 21.7. The van der Waals surface area contributed by atoms with Gasteiger partial charge in [0.15, 0.2) is 0 Å². The van der Waals surface area contributed by atoms with Gasteiger partial charge in [0.2, 0.25) is 0 Å². The summed E-state index contributed by atoms with van der Waals surface area (Å²) in [6.45, 7) is 0. The standard InChI is InChI=1S/C38H24O2/c1-2-12-25(13-3-1)27-14-4-6-17-31(27)37-33-19-8-9-20-34(33)38(40-37)32-18-7-5-15-28(32)26-22-23-30-29-16-10-11-21-35(29)39-36(30)24-26/h1-24H. The maximum Gasteiger partial charge on any atom is 0.143 e. The number of hydrogen-bond donors (Lipinski definition) is 0. The molecule has 2 heterocycles. The number of fused-ring (bicyclic) bond motifs is 4. The molecule has 0 N–H and O–H groups in total. The van der Waals surface area contributed by atoms with Crippen LogP contribution in [0.2, 0.25) is 0 Å². The molecule has 0 spiro atoms. The number of furan rings is 2. The van der Waals surface area contributed by atoms with Gasteiger partial charge in [-0.3, -0.25) is 0 Å². The number of benzene rings is 6. The minimum absolute atomic E-state index is 0.869. The molecule has 0 saturated carbocycles. The highest BCUT2D eigenvalue weighted by molar-refractivity contribution is 6.08. The van der Waals surface area contributed by atoms with E-state index in [2.05, 4.69) is 127 Å². The topological polar surface area (TPSA) is 26.3 Å². The van der Waals surface area contributed by atoms with Gasteiger partial charge in [-0.2, -0.15) is 0 Å². The van der Waals surface area contributed by atoms with Gasteiger partial charge in [-0.15, -0.1) is 0 Å². The van der Waals surface area contributed by atoms with Crippen molar-refractivity contribution < 1.29 is 8.83 Å². The molecular formula is C38H24O2. The van der Waals surface area contributed by atoms with Gasteiger partial charge in [0, 0.05) is 32.7 Å². The van der Waals surface area contributed by atoms with Gasteiger partial charge in [0.1, 0.15) is 22.7 Å². The van der Waals surface area contributed by atoms with Crippen LogP contribution in [0.5, 0.6) is 0 Å². The second-order valence-electron chi connectivity index (χ2n) is 10.1. The van der Waals surface area contributed by atoms with Crippen molar-refractivity contribution in [1.82, 2.24) is 0 Å². The van der Waals surface area contributed by atoms with Gasteiger partial charge in [-0.1, -0.05) is 127 Å². The number of para-hydroxylation sites is 1. The minimum atomic E-state index is 0.869. The molecule has 0 saturated heterocycles. The molecular weight excluding hydrogens is 488 g/mol. The number of rotatable bonds is 4. The predicted octanol–water partition coefficient (Wildman–Crippen LogP) is 11.0. The van der Waals surface area contributed by atoms with Crippen molar-refractivity contribution in [3.8, 4) is 44.9 Å². The van der Waals surface area contributed by atoms with Gasteiger partial charge >= 0.3 is 0 Å². The molecule has 8 rings (SSSR count). The quantitative estimate of drug-likeness (QED) is 0.234. The monoisotopic (exact) mass is 512 g/mol. The van der Waals surface area contributed by atoms with Crippen LogP contribution in [0, 0.1) is 0 Å². The van der Waals surface area contributed by atoms with Crippen LogP contribution in [0.15, 0.2) is 154 Å². The molecule has 0 aliphatic heterocycles. The summed E-state index contributed by atoms with van der Waals surface area (Å²) >= 11 is 0. The van der Waals surface area contributed by atoms with E-state index in [-0.39, 0.29) is 0 Å². The molecule has 2 heteroatoms. The molecule has 2 nitrogen and oxygen atoms in total. The summed E-state index contributed by atoms with van der Waals surface area (Å²) in [5, 5.41) is 4.46. The zero-order chi connectivity index (χ0) is 26.5. The van der Waals surface area contributed by atoms with Gasteiger partial charge in [-0.25, -0.2) is 0 Å². The van der Waals surface area contributed by atoms with E-state index in [1.54, 1.807) is 0 Å². The highest BCUT2D eigenvalue weighted by Gasteiger charge is 2.21. The Balaban J connectivity index is 1.34. The van der Waals surface area contributed by atoms with Crippen LogP contribution in [-0.2, 0) is 0 Å². The summed E-state index contributed by atoms with van der Waals surface area (Å²) in [6.07, 6.45) is 0. The summed E-state index contributed by atoms with van der Waals surface area (Å²) in [7, 11) is 0. The lowest BCUT2D eigenvalue weighted by Crippen LogP contribution is -1.84. The van der Waals surface area contributed by atoms with Crippen molar-refractivity contribution in [3.63, 3.8) is 0 Å². The van der Waals surface area contributed by atoms with Crippen LogP contribution in [0.3, 0.4) is 0 Å². The second kappa shape index (κ2) is 9.14. The first-order chi connectivity index (χ1) is 19.8. The Morgan fingerprint density at radius 3 is 1.48 bits per heavy atom. The van der Waals surface area contributed by atoms with E-state index < -0.39 is 0 Å². The zero-order valence-electron chi connectivity index (χ0n) is 21.7. The molecule has 0 unspecified atom stereocenters. The molecule has 6 aromatic carbocycles. The first kappa shape index (κ1) is 22.6. The Morgan fingerprint density at radius 1 is 0.300 bits per heavy atom. The van der Waals surface area contributed by atoms with Crippen LogP contribution in [0.4, 0.5) is 0 Å². The number of hydrogen-bond acceptors (Lipinski definition) is 2. The van der Waals surface area contributed by atoms with Crippen LogP contribution < -0.4 is 0 Å². The molecule has 0 atom stereocenters. The normalized spacial score (nSPS) is 11.5. The van der Waals surface area contributed by atoms with Gasteiger partial charge in [0.25, 0.3) is 0 Å². The van der Waals surface area contributed by atoms with E-state index in [1.807, 2.05) is 18.2 Å². The first-order valence-electron chi connectivity index (χ1n) is 13.5. The molecule has 0 fully saturated rings. The summed E-state index contributed by atoms with van der Waals surface area (Å²) < 4.78 is 13.1. The Hall–Kier alpha value is -5.34. The van der Waals surface area contributed by atoms with E-state index in [0.717, 1.165) is 72.0 Å². The van der Waals surface area contributed by atoms with E-state index in [4.69, 9.17) is 8.83 Å². The van der Waals surface area contributed by atoms with E-state index in [9.17, 15) is 0 Å². The Morgan fingerprint density at radius 2 is 0.800 bits per heavy atom. The minimum Gasteiger partial charge on any atom is -0.456 e. The SMILES string of the molecule is c1ccc(-c2ccccc2-c2oc(-c3ccccc3-c3ccc4c(c3)oc3ccccc34)c3ccccc23)cc1. The van der Waals surface area contributed by atoms with E-state index >= 15 is 0 Å². The molecule has 2 aromatic heterocycles. The van der Waals surface area contributed by atoms with Crippen LogP contribution >= 0.6 is 0 Å². The van der Waals surface area contributed by atoms with Crippen LogP contribution in [0.1, 0.15) is 0 Å². The van der Waals surface area contributed by atoms with Crippen molar-refractivity contribution in [2.24, 2.45) is 0 Å². The molecule has 40 heavy (non-hydrogen) atoms. The van der Waals surface area contributed by atoms with Crippen LogP contribution in [-0.4, -0.2) is 0 Å². The Bertz CT molecular complexity index is 2160. The fourth-order valence-corrected chi connectivity index (χ4v) is 5.87. The summed E-state index contributed by atoms with van der Waals surface area (Å²) in [5.41, 5.74) is 8.44. The summed E-state index contributed by atoms with van der Waals surface area (Å²) in [5.74, 6) is 1.75. The highest BCUT2D eigenvalue weighted by atomic mass is 16.3. The maximum atomic E-state index is 6.87. The molecule has 0 amide bonds. The van der Waals surface area contributed by atoms with Crippen molar-refractivity contribution in [2.75, 3.05) is 0 Å². The third-order valence-corrected chi connectivity index (χ3v) is 7.74. The largest absolute Gasteiger partial charge is 0.456 e. The fourth-order valence-electron chi connectivity index (χ4n) is 5.87. The fraction of sp³-hybridized carbons (Fsp3) is 0. The van der Waals surface area contributed by atoms with Gasteiger partial charge in [0.05, 0.1) is 0 Å². The molecule has 0 aliphatic rings. The Kier molecular flexibility index (Phi) is 5.17. The van der Waals surface area contributed by atoms with E-state index in [0.29, 0.717) is 0 Å². The van der Waals surface area contributed by atoms with Crippen LogP contribution in [0.25, 0.3) is 77.6 Å².